The van der Waals surface area contributed by atoms with Crippen molar-refractivity contribution in [3.63, 3.8) is 0 Å². The van der Waals surface area contributed by atoms with Gasteiger partial charge in [-0.15, -0.1) is 12.4 Å². The van der Waals surface area contributed by atoms with Crippen LogP contribution in [0.2, 0.25) is 0 Å². The van der Waals surface area contributed by atoms with Crippen LogP contribution in [-0.4, -0.2) is 48.3 Å². The molecule has 1 saturated carbocycles. The summed E-state index contributed by atoms with van der Waals surface area (Å²) in [5.74, 6) is -0.725. The Bertz CT molecular complexity index is 200. The van der Waals surface area contributed by atoms with E-state index in [1.807, 2.05) is 0 Å². The molecule has 1 N–H and O–H groups in total. The number of halogens is 1. The molecule has 1 aliphatic carbocycles. The largest absolute Gasteiger partial charge is 0.481 e. The van der Waals surface area contributed by atoms with E-state index in [2.05, 4.69) is 4.90 Å². The Labute approximate surface area is 89.6 Å². The summed E-state index contributed by atoms with van der Waals surface area (Å²) in [4.78, 5) is 12.9. The number of aliphatic carboxylic acids is 1. The van der Waals surface area contributed by atoms with Crippen LogP contribution in [0.25, 0.3) is 0 Å². The summed E-state index contributed by atoms with van der Waals surface area (Å²) >= 11 is 0. The molecule has 2 aliphatic rings. The van der Waals surface area contributed by atoms with Crippen molar-refractivity contribution >= 4 is 18.4 Å². The molecule has 2 fully saturated rings. The van der Waals surface area contributed by atoms with Crippen molar-refractivity contribution in [1.82, 2.24) is 4.90 Å². The first-order valence-corrected chi connectivity index (χ1v) is 4.82. The Balaban J connectivity index is 0.000000980. The van der Waals surface area contributed by atoms with Crippen LogP contribution >= 0.6 is 12.4 Å². The van der Waals surface area contributed by atoms with E-state index >= 15 is 0 Å². The van der Waals surface area contributed by atoms with Crippen molar-refractivity contribution < 1.29 is 14.6 Å². The number of carboxylic acids is 1. The molecule has 1 aliphatic heterocycles. The van der Waals surface area contributed by atoms with Crippen LogP contribution in [0.5, 0.6) is 0 Å². The minimum Gasteiger partial charge on any atom is -0.481 e. The number of nitrogens with zero attached hydrogens (tertiary/aromatic N) is 1. The van der Waals surface area contributed by atoms with Crippen LogP contribution in [0, 0.1) is 5.92 Å². The maximum Gasteiger partial charge on any atom is 0.306 e. The zero-order valence-electron chi connectivity index (χ0n) is 8.02. The SMILES string of the molecule is Cl.O=C(O)C1CC(N2CCOCC2)C1. The van der Waals surface area contributed by atoms with Gasteiger partial charge >= 0.3 is 5.97 Å². The lowest BCUT2D eigenvalue weighted by Crippen LogP contribution is -2.51. The molecule has 0 aromatic rings. The predicted octanol–water partition coefficient (Wildman–Crippen LogP) is 0.604. The highest BCUT2D eigenvalue weighted by molar-refractivity contribution is 5.85. The molecule has 1 heterocycles. The van der Waals surface area contributed by atoms with E-state index in [1.165, 1.54) is 0 Å². The summed E-state index contributed by atoms with van der Waals surface area (Å²) in [5, 5.41) is 8.71. The van der Waals surface area contributed by atoms with Gasteiger partial charge in [0.1, 0.15) is 0 Å². The lowest BCUT2D eigenvalue weighted by Gasteiger charge is -2.42. The Kier molecular flexibility index (Phi) is 4.16. The van der Waals surface area contributed by atoms with E-state index in [9.17, 15) is 4.79 Å². The second-order valence-electron chi connectivity index (χ2n) is 3.81. The number of carboxylic acid groups (broad SMARTS) is 1. The van der Waals surface area contributed by atoms with Gasteiger partial charge in [-0.25, -0.2) is 0 Å². The molecule has 2 rings (SSSR count). The van der Waals surface area contributed by atoms with Gasteiger partial charge in [-0.2, -0.15) is 0 Å². The molecule has 5 heteroatoms. The standard InChI is InChI=1S/C9H15NO3.ClH/c11-9(12)7-5-8(6-7)10-1-3-13-4-2-10;/h7-8H,1-6H2,(H,11,12);1H. The third-order valence-corrected chi connectivity index (χ3v) is 3.02. The van der Waals surface area contributed by atoms with E-state index in [-0.39, 0.29) is 18.3 Å². The van der Waals surface area contributed by atoms with Crippen molar-refractivity contribution in [3.8, 4) is 0 Å². The molecule has 0 amide bonds. The average Bonchev–Trinajstić information content (AvgIpc) is 2.02. The fourth-order valence-corrected chi connectivity index (χ4v) is 2.03. The van der Waals surface area contributed by atoms with Gasteiger partial charge in [0.05, 0.1) is 19.1 Å². The molecule has 0 aromatic carbocycles. The number of hydrogen-bond acceptors (Lipinski definition) is 3. The average molecular weight is 222 g/mol. The zero-order chi connectivity index (χ0) is 9.26. The van der Waals surface area contributed by atoms with E-state index in [0.29, 0.717) is 6.04 Å². The van der Waals surface area contributed by atoms with Gasteiger partial charge in [-0.05, 0) is 12.8 Å². The first kappa shape index (κ1) is 11.8. The van der Waals surface area contributed by atoms with Crippen molar-refractivity contribution in [3.05, 3.63) is 0 Å². The van der Waals surface area contributed by atoms with Gasteiger partial charge in [-0.3, -0.25) is 9.69 Å². The first-order valence-electron chi connectivity index (χ1n) is 4.82. The first-order chi connectivity index (χ1) is 6.27. The lowest BCUT2D eigenvalue weighted by atomic mass is 9.79. The predicted molar refractivity (Wildman–Crippen MR) is 53.8 cm³/mol. The molecule has 0 spiro atoms. The molecule has 4 nitrogen and oxygen atoms in total. The molecule has 14 heavy (non-hydrogen) atoms. The summed E-state index contributed by atoms with van der Waals surface area (Å²) < 4.78 is 5.23. The van der Waals surface area contributed by atoms with E-state index in [4.69, 9.17) is 9.84 Å². The van der Waals surface area contributed by atoms with Crippen LogP contribution in [-0.2, 0) is 9.53 Å². The molecule has 1 saturated heterocycles. The van der Waals surface area contributed by atoms with Crippen LogP contribution in [0.1, 0.15) is 12.8 Å². The fourth-order valence-electron chi connectivity index (χ4n) is 2.03. The maximum atomic E-state index is 10.6. The number of hydrogen-bond donors (Lipinski definition) is 1. The molecule has 0 bridgehead atoms. The van der Waals surface area contributed by atoms with E-state index < -0.39 is 5.97 Å². The van der Waals surface area contributed by atoms with Crippen molar-refractivity contribution in [2.75, 3.05) is 26.3 Å². The summed E-state index contributed by atoms with van der Waals surface area (Å²) in [6.07, 6.45) is 1.66. The second kappa shape index (κ2) is 4.96. The summed E-state index contributed by atoms with van der Waals surface area (Å²) in [5.41, 5.74) is 0. The lowest BCUT2D eigenvalue weighted by molar-refractivity contribution is -0.147. The van der Waals surface area contributed by atoms with Gasteiger partial charge < -0.3 is 9.84 Å². The molecular weight excluding hydrogens is 206 g/mol. The minimum absolute atomic E-state index is 0. The summed E-state index contributed by atoms with van der Waals surface area (Å²) in [6, 6.07) is 0.505. The second-order valence-corrected chi connectivity index (χ2v) is 3.81. The third kappa shape index (κ3) is 2.38. The van der Waals surface area contributed by atoms with Crippen LogP contribution < -0.4 is 0 Å². The van der Waals surface area contributed by atoms with Gasteiger partial charge in [0.2, 0.25) is 0 Å². The summed E-state index contributed by atoms with van der Waals surface area (Å²) in [6.45, 7) is 3.54. The summed E-state index contributed by atoms with van der Waals surface area (Å²) in [7, 11) is 0. The molecule has 0 aromatic heterocycles. The maximum absolute atomic E-state index is 10.6. The van der Waals surface area contributed by atoms with E-state index in [0.717, 1.165) is 39.1 Å². The van der Waals surface area contributed by atoms with Crippen molar-refractivity contribution in [1.29, 1.82) is 0 Å². The van der Waals surface area contributed by atoms with E-state index in [1.54, 1.807) is 0 Å². The van der Waals surface area contributed by atoms with Gasteiger partial charge in [0.15, 0.2) is 0 Å². The van der Waals surface area contributed by atoms with Crippen LogP contribution in [0.15, 0.2) is 0 Å². The number of morpholine rings is 1. The van der Waals surface area contributed by atoms with Crippen molar-refractivity contribution in [2.45, 2.75) is 18.9 Å². The normalized spacial score (nSPS) is 32.9. The van der Waals surface area contributed by atoms with Gasteiger partial charge in [-0.1, -0.05) is 0 Å². The highest BCUT2D eigenvalue weighted by Gasteiger charge is 2.38. The fraction of sp³-hybridized carbons (Fsp3) is 0.889. The monoisotopic (exact) mass is 221 g/mol. The van der Waals surface area contributed by atoms with Gasteiger partial charge in [0, 0.05) is 19.1 Å². The Morgan fingerprint density at radius 3 is 2.36 bits per heavy atom. The number of rotatable bonds is 2. The van der Waals surface area contributed by atoms with Crippen molar-refractivity contribution in [2.24, 2.45) is 5.92 Å². The smallest absolute Gasteiger partial charge is 0.306 e. The topological polar surface area (TPSA) is 49.8 Å². The molecule has 0 atom stereocenters. The number of ether oxygens (including phenoxy) is 1. The molecule has 0 radical (unpaired) electrons. The quantitative estimate of drug-likeness (QED) is 0.742. The van der Waals surface area contributed by atoms with Crippen LogP contribution in [0.3, 0.4) is 0 Å². The van der Waals surface area contributed by atoms with Gasteiger partial charge in [0.25, 0.3) is 0 Å². The minimum atomic E-state index is -0.635. The highest BCUT2D eigenvalue weighted by atomic mass is 35.5. The Morgan fingerprint density at radius 1 is 1.29 bits per heavy atom. The number of carbonyl (C=O) groups is 1. The van der Waals surface area contributed by atoms with Crippen LogP contribution in [0.4, 0.5) is 0 Å². The Hall–Kier alpha value is -0.320. The molecular formula is C9H16ClNO3. The third-order valence-electron chi connectivity index (χ3n) is 3.02. The molecule has 82 valence electrons. The Morgan fingerprint density at radius 2 is 1.86 bits per heavy atom. The highest BCUT2D eigenvalue weighted by Crippen LogP contribution is 2.32. The molecule has 0 unspecified atom stereocenters. The zero-order valence-corrected chi connectivity index (χ0v) is 8.83.